The van der Waals surface area contributed by atoms with E-state index in [1.54, 1.807) is 35.5 Å². The number of amidine groups is 1. The van der Waals surface area contributed by atoms with Crippen LogP contribution in [0.3, 0.4) is 0 Å². The Hall–Kier alpha value is -3.84. The van der Waals surface area contributed by atoms with Crippen molar-refractivity contribution < 1.29 is 22.3 Å². The molecule has 0 amide bonds. The number of nitrogens with zero attached hydrogens (tertiary/aromatic N) is 6. The summed E-state index contributed by atoms with van der Waals surface area (Å²) >= 11 is 0. The Balaban J connectivity index is 1.72. The zero-order valence-electron chi connectivity index (χ0n) is 19.5. The average Bonchev–Trinajstić information content (AvgIpc) is 3.26. The minimum Gasteiger partial charge on any atom is -0.494 e. The van der Waals surface area contributed by atoms with Gasteiger partial charge in [-0.05, 0) is 37.6 Å². The first kappa shape index (κ1) is 24.3. The van der Waals surface area contributed by atoms with Gasteiger partial charge in [-0.1, -0.05) is 6.07 Å². The zero-order valence-corrected chi connectivity index (χ0v) is 20.3. The van der Waals surface area contributed by atoms with Crippen molar-refractivity contribution in [2.45, 2.75) is 19.1 Å². The number of hydrogen-bond donors (Lipinski definition) is 1. The molecule has 0 saturated carbocycles. The van der Waals surface area contributed by atoms with Crippen LogP contribution in [0.4, 0.5) is 10.1 Å². The lowest BCUT2D eigenvalue weighted by Gasteiger charge is -2.25. The number of hydrazone groups is 1. The Labute approximate surface area is 202 Å². The highest BCUT2D eigenvalue weighted by Crippen LogP contribution is 2.40. The maximum Gasteiger partial charge on any atom is 0.239 e. The van der Waals surface area contributed by atoms with Crippen molar-refractivity contribution in [3.8, 4) is 11.5 Å². The Kier molecular flexibility index (Phi) is 6.80. The van der Waals surface area contributed by atoms with Gasteiger partial charge in [-0.3, -0.25) is 9.88 Å². The third-order valence-electron chi connectivity index (χ3n) is 5.25. The largest absolute Gasteiger partial charge is 0.494 e. The van der Waals surface area contributed by atoms with E-state index in [4.69, 9.17) is 9.47 Å². The number of anilines is 1. The van der Waals surface area contributed by atoms with Gasteiger partial charge in [0.15, 0.2) is 11.7 Å². The smallest absolute Gasteiger partial charge is 0.239 e. The van der Waals surface area contributed by atoms with Crippen molar-refractivity contribution in [3.05, 3.63) is 71.8 Å². The molecule has 0 radical (unpaired) electrons. The van der Waals surface area contributed by atoms with Crippen LogP contribution in [0.25, 0.3) is 0 Å². The molecule has 0 fully saturated rings. The number of hydrogen-bond acceptors (Lipinski definition) is 10. The fourth-order valence-corrected chi connectivity index (χ4v) is 4.46. The molecule has 13 heteroatoms. The predicted octanol–water partition coefficient (Wildman–Crippen LogP) is 2.37. The van der Waals surface area contributed by atoms with Gasteiger partial charge in [0.1, 0.15) is 34.9 Å². The molecule has 4 rings (SSSR count). The van der Waals surface area contributed by atoms with E-state index in [0.29, 0.717) is 28.6 Å². The van der Waals surface area contributed by atoms with Crippen molar-refractivity contribution in [1.29, 1.82) is 0 Å². The number of para-hydroxylation sites is 1. The van der Waals surface area contributed by atoms with Gasteiger partial charge in [0.25, 0.3) is 0 Å². The first-order chi connectivity index (χ1) is 16.7. The van der Waals surface area contributed by atoms with E-state index in [1.807, 2.05) is 13.0 Å². The molecule has 2 aromatic heterocycles. The third kappa shape index (κ3) is 5.00. The number of benzene rings is 1. The lowest BCUT2D eigenvalue weighted by Crippen LogP contribution is -2.42. The van der Waals surface area contributed by atoms with Gasteiger partial charge in [-0.25, -0.2) is 22.8 Å². The molecule has 0 spiro atoms. The van der Waals surface area contributed by atoms with Crippen LogP contribution >= 0.6 is 0 Å². The lowest BCUT2D eigenvalue weighted by molar-refractivity contribution is 0.278. The molecule has 0 bridgehead atoms. The highest BCUT2D eigenvalue weighted by Gasteiger charge is 2.34. The molecule has 0 saturated heterocycles. The van der Waals surface area contributed by atoms with E-state index in [9.17, 15) is 12.8 Å². The van der Waals surface area contributed by atoms with E-state index in [-0.39, 0.29) is 12.5 Å². The summed E-state index contributed by atoms with van der Waals surface area (Å²) in [5.41, 5.74) is 2.13. The second kappa shape index (κ2) is 9.80. The molecule has 1 aliphatic rings. The maximum absolute atomic E-state index is 13.2. The molecule has 1 atom stereocenters. The van der Waals surface area contributed by atoms with Crippen LogP contribution in [0.15, 0.2) is 54.2 Å². The van der Waals surface area contributed by atoms with Crippen LogP contribution in [0.2, 0.25) is 0 Å². The first-order valence-electron chi connectivity index (χ1n) is 10.5. The highest BCUT2D eigenvalue weighted by atomic mass is 32.2. The molecular weight excluding hydrogens is 477 g/mol. The number of sulfonamides is 1. The van der Waals surface area contributed by atoms with Gasteiger partial charge in [0.2, 0.25) is 10.0 Å². The number of halogens is 1. The molecule has 1 N–H and O–H groups in total. The summed E-state index contributed by atoms with van der Waals surface area (Å²) in [5.74, 6) is 0.741. The van der Waals surface area contributed by atoms with Crippen molar-refractivity contribution >= 4 is 21.5 Å². The Bertz CT molecular complexity index is 1330. The number of methoxy groups -OCH3 is 2. The topological polar surface area (TPSA) is 122 Å². The van der Waals surface area contributed by atoms with Gasteiger partial charge >= 0.3 is 0 Å². The SMILES string of the molecule is COc1cccc(OC)c1N1CN(NS(=O)(=O)[C@@H](C)c2ncc(F)cn2)N=C1c1cncc(C)c1. The Morgan fingerprint density at radius 2 is 1.74 bits per heavy atom. The van der Waals surface area contributed by atoms with Crippen molar-refractivity contribution in [1.82, 2.24) is 24.9 Å². The molecule has 0 aliphatic carbocycles. The number of aromatic nitrogens is 3. The van der Waals surface area contributed by atoms with Crippen LogP contribution in [-0.4, -0.2) is 55.2 Å². The van der Waals surface area contributed by atoms with Gasteiger partial charge in [0, 0.05) is 18.0 Å². The molecule has 1 aromatic carbocycles. The normalized spacial score (nSPS) is 14.6. The number of nitrogens with one attached hydrogen (secondary N) is 1. The van der Waals surface area contributed by atoms with Crippen LogP contribution in [0.1, 0.15) is 29.1 Å². The summed E-state index contributed by atoms with van der Waals surface area (Å²) in [6.07, 6.45) is 5.17. The predicted molar refractivity (Wildman–Crippen MR) is 127 cm³/mol. The van der Waals surface area contributed by atoms with Gasteiger partial charge in [-0.15, -0.1) is 9.93 Å². The number of aryl methyl sites for hydroxylation is 1. The van der Waals surface area contributed by atoms with E-state index >= 15 is 0 Å². The molecular formula is C22H24FN7O4S. The second-order valence-corrected chi connectivity index (χ2v) is 9.67. The standard InChI is InChI=1S/C22H24FN7O4S/c1-14-8-16(10-24-9-14)22-27-30(13-29(22)20-18(33-3)6-5-7-19(20)34-4)28-35(31,32)15(2)21-25-11-17(23)12-26-21/h5-12,15,28H,13H2,1-4H3/t15-/m0/s1. The summed E-state index contributed by atoms with van der Waals surface area (Å²) in [4.78, 5) is 16.0. The highest BCUT2D eigenvalue weighted by molar-refractivity contribution is 7.89. The first-order valence-corrected chi connectivity index (χ1v) is 12.0. The average molecular weight is 502 g/mol. The summed E-state index contributed by atoms with van der Waals surface area (Å²) in [5, 5.41) is 4.53. The molecule has 3 heterocycles. The van der Waals surface area contributed by atoms with Crippen molar-refractivity contribution in [3.63, 3.8) is 0 Å². The Morgan fingerprint density at radius 1 is 1.09 bits per heavy atom. The minimum absolute atomic E-state index is 0.00374. The molecule has 3 aromatic rings. The summed E-state index contributed by atoms with van der Waals surface area (Å²) in [7, 11) is -0.980. The van der Waals surface area contributed by atoms with E-state index in [1.165, 1.54) is 26.3 Å². The van der Waals surface area contributed by atoms with Crippen LogP contribution in [0, 0.1) is 12.7 Å². The summed E-state index contributed by atoms with van der Waals surface area (Å²) in [6.45, 7) is 3.29. The molecule has 0 unspecified atom stereocenters. The van der Waals surface area contributed by atoms with Crippen molar-refractivity contribution in [2.75, 3.05) is 25.8 Å². The number of hydrazine groups is 1. The number of pyridine rings is 1. The Morgan fingerprint density at radius 3 is 2.34 bits per heavy atom. The summed E-state index contributed by atoms with van der Waals surface area (Å²) in [6, 6.07) is 7.20. The lowest BCUT2D eigenvalue weighted by atomic mass is 10.1. The van der Waals surface area contributed by atoms with E-state index < -0.39 is 21.1 Å². The molecule has 1 aliphatic heterocycles. The van der Waals surface area contributed by atoms with Crippen molar-refractivity contribution in [2.24, 2.45) is 5.10 Å². The van der Waals surface area contributed by atoms with Crippen LogP contribution in [0.5, 0.6) is 11.5 Å². The molecule has 35 heavy (non-hydrogen) atoms. The van der Waals surface area contributed by atoms with Gasteiger partial charge in [-0.2, -0.15) is 5.12 Å². The molecule has 11 nitrogen and oxygen atoms in total. The zero-order chi connectivity index (χ0) is 25.2. The number of rotatable bonds is 8. The maximum atomic E-state index is 13.2. The second-order valence-electron chi connectivity index (χ2n) is 7.69. The fourth-order valence-electron chi connectivity index (χ4n) is 3.51. The monoisotopic (exact) mass is 501 g/mol. The fraction of sp³-hybridized carbons (Fsp3) is 0.273. The van der Waals surface area contributed by atoms with Crippen LogP contribution in [-0.2, 0) is 10.0 Å². The third-order valence-corrected chi connectivity index (χ3v) is 6.86. The minimum atomic E-state index is -4.04. The molecule has 184 valence electrons. The van der Waals surface area contributed by atoms with Gasteiger partial charge < -0.3 is 9.47 Å². The number of ether oxygens (including phenoxy) is 2. The quantitative estimate of drug-likeness (QED) is 0.496. The van der Waals surface area contributed by atoms with Gasteiger partial charge in [0.05, 0.1) is 26.6 Å². The van der Waals surface area contributed by atoms with E-state index in [2.05, 4.69) is 24.9 Å². The summed E-state index contributed by atoms with van der Waals surface area (Å²) < 4.78 is 50.5. The van der Waals surface area contributed by atoms with E-state index in [0.717, 1.165) is 18.0 Å². The van der Waals surface area contributed by atoms with Crippen LogP contribution < -0.4 is 19.2 Å².